The Morgan fingerprint density at radius 3 is 2.68 bits per heavy atom. The summed E-state index contributed by atoms with van der Waals surface area (Å²) in [7, 11) is 0. The summed E-state index contributed by atoms with van der Waals surface area (Å²) in [5.74, 6) is 0.833. The van der Waals surface area contributed by atoms with E-state index in [1.807, 2.05) is 42.5 Å². The summed E-state index contributed by atoms with van der Waals surface area (Å²) in [4.78, 5) is 12.0. The molecule has 0 fully saturated rings. The Morgan fingerprint density at radius 2 is 1.88 bits per heavy atom. The number of benzene rings is 2. The predicted octanol–water partition coefficient (Wildman–Crippen LogP) is 3.16. The summed E-state index contributed by atoms with van der Waals surface area (Å²) < 4.78 is 5.87. The minimum atomic E-state index is 0.0247. The summed E-state index contributed by atoms with van der Waals surface area (Å²) in [5, 5.41) is 6.23. The third-order valence-electron chi connectivity index (χ3n) is 4.23. The van der Waals surface area contributed by atoms with Gasteiger partial charge < -0.3 is 15.4 Å². The standard InChI is InChI=1S/C21H24N2O2/c24-21(23-16-17-10-13-22-14-11-17)12-15-25-20-9-5-4-8-19(20)18-6-2-1-3-7-18/h1-10,22H,11-16H2,(H,23,24). The molecule has 3 rings (SSSR count). The second kappa shape index (κ2) is 9.04. The maximum Gasteiger partial charge on any atom is 0.223 e. The first kappa shape index (κ1) is 17.2. The van der Waals surface area contributed by atoms with Gasteiger partial charge in [-0.1, -0.05) is 60.2 Å². The average Bonchev–Trinajstić information content (AvgIpc) is 2.68. The van der Waals surface area contributed by atoms with Gasteiger partial charge in [0, 0.05) is 18.7 Å². The van der Waals surface area contributed by atoms with Gasteiger partial charge in [0.05, 0.1) is 13.0 Å². The zero-order valence-corrected chi connectivity index (χ0v) is 14.3. The van der Waals surface area contributed by atoms with E-state index in [9.17, 15) is 4.79 Å². The lowest BCUT2D eigenvalue weighted by atomic mass is 10.1. The Hall–Kier alpha value is -2.59. The van der Waals surface area contributed by atoms with Gasteiger partial charge in [0.1, 0.15) is 5.75 Å². The summed E-state index contributed by atoms with van der Waals surface area (Å²) in [6.07, 6.45) is 3.51. The van der Waals surface area contributed by atoms with Crippen molar-refractivity contribution in [1.82, 2.24) is 10.6 Å². The Morgan fingerprint density at radius 1 is 1.08 bits per heavy atom. The number of hydrogen-bond acceptors (Lipinski definition) is 3. The molecule has 0 saturated heterocycles. The van der Waals surface area contributed by atoms with E-state index in [-0.39, 0.29) is 5.91 Å². The first-order valence-electron chi connectivity index (χ1n) is 8.75. The van der Waals surface area contributed by atoms with Crippen molar-refractivity contribution in [2.75, 3.05) is 26.2 Å². The molecule has 1 heterocycles. The topological polar surface area (TPSA) is 50.4 Å². The van der Waals surface area contributed by atoms with Crippen LogP contribution in [0.15, 0.2) is 66.2 Å². The highest BCUT2D eigenvalue weighted by Crippen LogP contribution is 2.29. The highest BCUT2D eigenvalue weighted by Gasteiger charge is 2.08. The Bertz CT molecular complexity index is 726. The smallest absolute Gasteiger partial charge is 0.223 e. The normalized spacial score (nSPS) is 13.8. The van der Waals surface area contributed by atoms with Crippen molar-refractivity contribution in [3.63, 3.8) is 0 Å². The quantitative estimate of drug-likeness (QED) is 0.764. The molecular formula is C21H24N2O2. The van der Waals surface area contributed by atoms with Crippen LogP contribution in [0.1, 0.15) is 12.8 Å². The van der Waals surface area contributed by atoms with Gasteiger partial charge in [-0.15, -0.1) is 0 Å². The van der Waals surface area contributed by atoms with E-state index in [2.05, 4.69) is 28.8 Å². The molecule has 0 aliphatic carbocycles. The highest BCUT2D eigenvalue weighted by molar-refractivity contribution is 5.76. The summed E-state index contributed by atoms with van der Waals surface area (Å²) in [6, 6.07) is 18.1. The molecular weight excluding hydrogens is 312 g/mol. The molecule has 1 amide bonds. The lowest BCUT2D eigenvalue weighted by Crippen LogP contribution is -2.30. The second-order valence-corrected chi connectivity index (χ2v) is 6.05. The molecule has 4 nitrogen and oxygen atoms in total. The molecule has 1 aliphatic rings. The Labute approximate surface area is 148 Å². The number of nitrogens with one attached hydrogen (secondary N) is 2. The van der Waals surface area contributed by atoms with E-state index in [0.717, 1.165) is 36.4 Å². The van der Waals surface area contributed by atoms with Gasteiger partial charge in [-0.3, -0.25) is 4.79 Å². The van der Waals surface area contributed by atoms with Crippen LogP contribution in [0.25, 0.3) is 11.1 Å². The lowest BCUT2D eigenvalue weighted by molar-refractivity contribution is -0.121. The predicted molar refractivity (Wildman–Crippen MR) is 101 cm³/mol. The van der Waals surface area contributed by atoms with Crippen LogP contribution in [-0.4, -0.2) is 32.1 Å². The molecule has 0 saturated carbocycles. The SMILES string of the molecule is O=C(CCOc1ccccc1-c1ccccc1)NCC1=CCNCC1. The van der Waals surface area contributed by atoms with E-state index >= 15 is 0 Å². The van der Waals surface area contributed by atoms with Crippen molar-refractivity contribution in [3.8, 4) is 16.9 Å². The van der Waals surface area contributed by atoms with Crippen LogP contribution in [0, 0.1) is 0 Å². The number of carbonyl (C=O) groups is 1. The van der Waals surface area contributed by atoms with Crippen LogP contribution in [0.2, 0.25) is 0 Å². The number of amides is 1. The molecule has 0 bridgehead atoms. The van der Waals surface area contributed by atoms with E-state index in [1.54, 1.807) is 0 Å². The largest absolute Gasteiger partial charge is 0.492 e. The van der Waals surface area contributed by atoms with Crippen molar-refractivity contribution in [3.05, 3.63) is 66.2 Å². The van der Waals surface area contributed by atoms with Gasteiger partial charge >= 0.3 is 0 Å². The van der Waals surface area contributed by atoms with Crippen LogP contribution < -0.4 is 15.4 Å². The molecule has 2 aromatic carbocycles. The first-order chi connectivity index (χ1) is 12.3. The van der Waals surface area contributed by atoms with Gasteiger partial charge in [-0.25, -0.2) is 0 Å². The van der Waals surface area contributed by atoms with E-state index in [0.29, 0.717) is 19.6 Å². The molecule has 25 heavy (non-hydrogen) atoms. The molecule has 0 radical (unpaired) electrons. The van der Waals surface area contributed by atoms with E-state index in [1.165, 1.54) is 5.57 Å². The lowest BCUT2D eigenvalue weighted by Gasteiger charge is -2.15. The molecule has 1 aliphatic heterocycles. The Kier molecular flexibility index (Phi) is 6.23. The van der Waals surface area contributed by atoms with Crippen molar-refractivity contribution in [1.29, 1.82) is 0 Å². The van der Waals surface area contributed by atoms with Gasteiger partial charge in [0.25, 0.3) is 0 Å². The summed E-state index contributed by atoms with van der Waals surface area (Å²) in [6.45, 7) is 2.89. The fraction of sp³-hybridized carbons (Fsp3) is 0.286. The average molecular weight is 336 g/mol. The number of carbonyl (C=O) groups excluding carboxylic acids is 1. The van der Waals surface area contributed by atoms with E-state index < -0.39 is 0 Å². The van der Waals surface area contributed by atoms with Crippen LogP contribution in [0.5, 0.6) is 5.75 Å². The van der Waals surface area contributed by atoms with Gasteiger partial charge in [0.15, 0.2) is 0 Å². The minimum Gasteiger partial charge on any atom is -0.492 e. The number of rotatable bonds is 7. The van der Waals surface area contributed by atoms with Crippen molar-refractivity contribution < 1.29 is 9.53 Å². The summed E-state index contributed by atoms with van der Waals surface area (Å²) >= 11 is 0. The van der Waals surface area contributed by atoms with Gasteiger partial charge in [0.2, 0.25) is 5.91 Å². The molecule has 0 unspecified atom stereocenters. The first-order valence-corrected chi connectivity index (χ1v) is 8.75. The monoisotopic (exact) mass is 336 g/mol. The maximum absolute atomic E-state index is 12.0. The zero-order valence-electron chi connectivity index (χ0n) is 14.3. The molecule has 2 aromatic rings. The molecule has 2 N–H and O–H groups in total. The maximum atomic E-state index is 12.0. The van der Waals surface area contributed by atoms with Crippen molar-refractivity contribution in [2.24, 2.45) is 0 Å². The fourth-order valence-electron chi connectivity index (χ4n) is 2.83. The highest BCUT2D eigenvalue weighted by atomic mass is 16.5. The molecule has 0 atom stereocenters. The van der Waals surface area contributed by atoms with Crippen LogP contribution in [0.4, 0.5) is 0 Å². The molecule has 0 spiro atoms. The van der Waals surface area contributed by atoms with Gasteiger partial charge in [-0.05, 0) is 24.6 Å². The number of hydrogen-bond donors (Lipinski definition) is 2. The van der Waals surface area contributed by atoms with Crippen LogP contribution in [0.3, 0.4) is 0 Å². The van der Waals surface area contributed by atoms with Crippen LogP contribution in [-0.2, 0) is 4.79 Å². The third-order valence-corrected chi connectivity index (χ3v) is 4.23. The Balaban J connectivity index is 1.49. The molecule has 0 aromatic heterocycles. The van der Waals surface area contributed by atoms with Gasteiger partial charge in [-0.2, -0.15) is 0 Å². The fourth-order valence-corrected chi connectivity index (χ4v) is 2.83. The molecule has 130 valence electrons. The zero-order chi connectivity index (χ0) is 17.3. The second-order valence-electron chi connectivity index (χ2n) is 6.05. The van der Waals surface area contributed by atoms with Crippen LogP contribution >= 0.6 is 0 Å². The summed E-state index contributed by atoms with van der Waals surface area (Å²) in [5.41, 5.74) is 3.45. The van der Waals surface area contributed by atoms with E-state index in [4.69, 9.17) is 4.74 Å². The molecule has 4 heteroatoms. The third kappa shape index (κ3) is 5.19. The van der Waals surface area contributed by atoms with Crippen molar-refractivity contribution in [2.45, 2.75) is 12.8 Å². The minimum absolute atomic E-state index is 0.0247. The van der Waals surface area contributed by atoms with Crippen molar-refractivity contribution >= 4 is 5.91 Å². The number of ether oxygens (including phenoxy) is 1. The number of para-hydroxylation sites is 1.